The zero-order chi connectivity index (χ0) is 15.0. The van der Waals surface area contributed by atoms with Crippen LogP contribution in [0.2, 0.25) is 0 Å². The number of anilines is 1. The van der Waals surface area contributed by atoms with Gasteiger partial charge in [-0.15, -0.1) is 0 Å². The molecule has 0 aromatic heterocycles. The van der Waals surface area contributed by atoms with Gasteiger partial charge in [0.2, 0.25) is 0 Å². The number of hydrogen-bond acceptors (Lipinski definition) is 3. The molecule has 20 heavy (non-hydrogen) atoms. The normalized spacial score (nSPS) is 11.1. The van der Waals surface area contributed by atoms with Crippen LogP contribution in [-0.4, -0.2) is 33.4 Å². The Balaban J connectivity index is 2.66. The van der Waals surface area contributed by atoms with Crippen molar-refractivity contribution in [2.24, 2.45) is 5.92 Å². The molecule has 0 aliphatic carbocycles. The second-order valence-electron chi connectivity index (χ2n) is 5.71. The van der Waals surface area contributed by atoms with E-state index < -0.39 is 0 Å². The minimum absolute atomic E-state index is 0.686. The molecule has 3 heteroatoms. The lowest BCUT2D eigenvalue weighted by atomic mass is 10.1. The van der Waals surface area contributed by atoms with E-state index in [0.29, 0.717) is 5.92 Å². The second kappa shape index (κ2) is 8.98. The van der Waals surface area contributed by atoms with Crippen molar-refractivity contribution in [1.29, 1.82) is 0 Å². The maximum absolute atomic E-state index is 5.04. The number of benzene rings is 1. The van der Waals surface area contributed by atoms with Crippen LogP contribution in [0.25, 0.3) is 0 Å². The maximum atomic E-state index is 5.04. The minimum Gasteiger partial charge on any atom is -0.383 e. The van der Waals surface area contributed by atoms with E-state index in [1.807, 2.05) is 0 Å². The molecule has 0 bridgehead atoms. The van der Waals surface area contributed by atoms with Crippen LogP contribution >= 0.6 is 0 Å². The molecule has 0 heterocycles. The molecule has 0 aliphatic rings. The molecule has 0 saturated carbocycles. The third kappa shape index (κ3) is 5.51. The van der Waals surface area contributed by atoms with Crippen LogP contribution in [0.5, 0.6) is 0 Å². The van der Waals surface area contributed by atoms with Crippen molar-refractivity contribution in [2.75, 3.05) is 38.3 Å². The summed E-state index contributed by atoms with van der Waals surface area (Å²) in [4.78, 5) is 2.44. The molecular weight excluding hydrogens is 248 g/mol. The van der Waals surface area contributed by atoms with E-state index in [1.54, 1.807) is 7.11 Å². The standard InChI is InChI=1S/C17H30N2O/c1-6-19(13-14(2)3)17-8-7-16(15(4)11-17)12-18-9-10-20-5/h7-8,11,14,18H,6,9-10,12-13H2,1-5H3. The van der Waals surface area contributed by atoms with Crippen molar-refractivity contribution in [1.82, 2.24) is 5.32 Å². The summed E-state index contributed by atoms with van der Waals surface area (Å²) in [6.07, 6.45) is 0. The van der Waals surface area contributed by atoms with Crippen LogP contribution in [0.3, 0.4) is 0 Å². The quantitative estimate of drug-likeness (QED) is 0.702. The van der Waals surface area contributed by atoms with Crippen LogP contribution in [0, 0.1) is 12.8 Å². The highest BCUT2D eigenvalue weighted by atomic mass is 16.5. The lowest BCUT2D eigenvalue weighted by Gasteiger charge is -2.26. The summed E-state index contributed by atoms with van der Waals surface area (Å²) < 4.78 is 5.04. The van der Waals surface area contributed by atoms with E-state index in [2.05, 4.69) is 56.1 Å². The monoisotopic (exact) mass is 278 g/mol. The van der Waals surface area contributed by atoms with Crippen LogP contribution in [0.15, 0.2) is 18.2 Å². The molecule has 0 aliphatic heterocycles. The third-order valence-electron chi connectivity index (χ3n) is 3.46. The number of nitrogens with zero attached hydrogens (tertiary/aromatic N) is 1. The first-order chi connectivity index (χ1) is 9.58. The highest BCUT2D eigenvalue weighted by Gasteiger charge is 2.08. The summed E-state index contributed by atoms with van der Waals surface area (Å²) in [6, 6.07) is 6.79. The smallest absolute Gasteiger partial charge is 0.0587 e. The molecule has 1 aromatic carbocycles. The molecule has 1 aromatic rings. The van der Waals surface area contributed by atoms with Crippen molar-refractivity contribution in [3.8, 4) is 0 Å². The van der Waals surface area contributed by atoms with Crippen LogP contribution < -0.4 is 10.2 Å². The zero-order valence-corrected chi connectivity index (χ0v) is 13.7. The first-order valence-electron chi connectivity index (χ1n) is 7.62. The fraction of sp³-hybridized carbons (Fsp3) is 0.647. The van der Waals surface area contributed by atoms with Gasteiger partial charge in [0.15, 0.2) is 0 Å². The fourth-order valence-electron chi connectivity index (χ4n) is 2.33. The molecule has 0 amide bonds. The van der Waals surface area contributed by atoms with Crippen LogP contribution in [-0.2, 0) is 11.3 Å². The average molecular weight is 278 g/mol. The Bertz CT molecular complexity index is 391. The van der Waals surface area contributed by atoms with Crippen LogP contribution in [0.4, 0.5) is 5.69 Å². The average Bonchev–Trinajstić information content (AvgIpc) is 2.42. The molecule has 0 spiro atoms. The molecule has 1 rings (SSSR count). The minimum atomic E-state index is 0.686. The van der Waals surface area contributed by atoms with Crippen LogP contribution in [0.1, 0.15) is 31.9 Å². The van der Waals surface area contributed by atoms with Gasteiger partial charge in [-0.05, 0) is 43.0 Å². The molecule has 0 saturated heterocycles. The van der Waals surface area contributed by atoms with E-state index in [9.17, 15) is 0 Å². The van der Waals surface area contributed by atoms with E-state index in [4.69, 9.17) is 4.74 Å². The molecule has 0 radical (unpaired) electrons. The Labute approximate surface area is 124 Å². The second-order valence-corrected chi connectivity index (χ2v) is 5.71. The lowest BCUT2D eigenvalue weighted by Crippen LogP contribution is -2.27. The number of nitrogens with one attached hydrogen (secondary N) is 1. The topological polar surface area (TPSA) is 24.5 Å². The first-order valence-corrected chi connectivity index (χ1v) is 7.62. The van der Waals surface area contributed by atoms with E-state index in [1.165, 1.54) is 16.8 Å². The largest absolute Gasteiger partial charge is 0.383 e. The molecule has 3 nitrogen and oxygen atoms in total. The fourth-order valence-corrected chi connectivity index (χ4v) is 2.33. The van der Waals surface area contributed by atoms with Gasteiger partial charge in [-0.2, -0.15) is 0 Å². The van der Waals surface area contributed by atoms with Crippen molar-refractivity contribution in [2.45, 2.75) is 34.2 Å². The lowest BCUT2D eigenvalue weighted by molar-refractivity contribution is 0.199. The summed E-state index contributed by atoms with van der Waals surface area (Å²) in [5.41, 5.74) is 4.06. The third-order valence-corrected chi connectivity index (χ3v) is 3.46. The molecule has 0 fully saturated rings. The van der Waals surface area contributed by atoms with E-state index >= 15 is 0 Å². The van der Waals surface area contributed by atoms with E-state index in [-0.39, 0.29) is 0 Å². The Hall–Kier alpha value is -1.06. The predicted octanol–water partition coefficient (Wildman–Crippen LogP) is 3.21. The number of ether oxygens (including phenoxy) is 1. The molecule has 0 atom stereocenters. The van der Waals surface area contributed by atoms with Gasteiger partial charge in [0.1, 0.15) is 0 Å². The zero-order valence-electron chi connectivity index (χ0n) is 13.7. The molecule has 0 unspecified atom stereocenters. The Morgan fingerprint density at radius 1 is 1.30 bits per heavy atom. The van der Waals surface area contributed by atoms with Gasteiger partial charge < -0.3 is 15.0 Å². The van der Waals surface area contributed by atoms with Gasteiger partial charge in [0.05, 0.1) is 6.61 Å². The van der Waals surface area contributed by atoms with Gasteiger partial charge in [-0.1, -0.05) is 19.9 Å². The van der Waals surface area contributed by atoms with E-state index in [0.717, 1.165) is 32.8 Å². The number of aryl methyl sites for hydroxylation is 1. The molecule has 114 valence electrons. The maximum Gasteiger partial charge on any atom is 0.0587 e. The summed E-state index contributed by atoms with van der Waals surface area (Å²) in [7, 11) is 1.73. The SMILES string of the molecule is CCN(CC(C)C)c1ccc(CNCCOC)c(C)c1. The van der Waals surface area contributed by atoms with Gasteiger partial charge in [0, 0.05) is 39.0 Å². The van der Waals surface area contributed by atoms with Gasteiger partial charge in [0.25, 0.3) is 0 Å². The Kier molecular flexibility index (Phi) is 7.63. The summed E-state index contributed by atoms with van der Waals surface area (Å²) >= 11 is 0. The Morgan fingerprint density at radius 3 is 2.60 bits per heavy atom. The van der Waals surface area contributed by atoms with Crippen molar-refractivity contribution >= 4 is 5.69 Å². The van der Waals surface area contributed by atoms with Gasteiger partial charge in [-0.3, -0.25) is 0 Å². The summed E-state index contributed by atoms with van der Waals surface area (Å²) in [6.45, 7) is 13.7. The van der Waals surface area contributed by atoms with Crippen molar-refractivity contribution < 1.29 is 4.74 Å². The highest BCUT2D eigenvalue weighted by Crippen LogP contribution is 2.20. The molecular formula is C17H30N2O. The number of rotatable bonds is 9. The van der Waals surface area contributed by atoms with Crippen molar-refractivity contribution in [3.63, 3.8) is 0 Å². The van der Waals surface area contributed by atoms with Crippen molar-refractivity contribution in [3.05, 3.63) is 29.3 Å². The van der Waals surface area contributed by atoms with Gasteiger partial charge >= 0.3 is 0 Å². The Morgan fingerprint density at radius 2 is 2.05 bits per heavy atom. The summed E-state index contributed by atoms with van der Waals surface area (Å²) in [5.74, 6) is 0.686. The molecule has 1 N–H and O–H groups in total. The number of hydrogen-bond donors (Lipinski definition) is 1. The predicted molar refractivity (Wildman–Crippen MR) is 87.5 cm³/mol. The first kappa shape index (κ1) is 17.0. The van der Waals surface area contributed by atoms with Gasteiger partial charge in [-0.25, -0.2) is 0 Å². The summed E-state index contributed by atoms with van der Waals surface area (Å²) in [5, 5.41) is 3.40. The number of methoxy groups -OCH3 is 1. The highest BCUT2D eigenvalue weighted by molar-refractivity contribution is 5.50.